The molecule has 2 aromatic rings. The summed E-state index contributed by atoms with van der Waals surface area (Å²) in [6.45, 7) is 3.59. The Morgan fingerprint density at radius 2 is 2.09 bits per heavy atom. The second-order valence-corrected chi connectivity index (χ2v) is 5.74. The third kappa shape index (κ3) is 2.36. The van der Waals surface area contributed by atoms with Crippen molar-refractivity contribution in [1.82, 2.24) is 9.13 Å². The molecule has 0 bridgehead atoms. The molecule has 5 nitrogen and oxygen atoms in total. The van der Waals surface area contributed by atoms with Crippen LogP contribution in [0.15, 0.2) is 30.5 Å². The molecule has 5 heteroatoms. The minimum absolute atomic E-state index is 0.0317. The van der Waals surface area contributed by atoms with Gasteiger partial charge in [0, 0.05) is 25.0 Å². The summed E-state index contributed by atoms with van der Waals surface area (Å²) in [5.74, 6) is -1.35. The van der Waals surface area contributed by atoms with Crippen LogP contribution in [0.2, 0.25) is 0 Å². The summed E-state index contributed by atoms with van der Waals surface area (Å²) in [6, 6.07) is 7.26. The molecule has 0 saturated carbocycles. The third-order valence-corrected chi connectivity index (χ3v) is 4.30. The van der Waals surface area contributed by atoms with Gasteiger partial charge in [-0.1, -0.05) is 6.92 Å². The van der Waals surface area contributed by atoms with Crippen LogP contribution in [0.3, 0.4) is 0 Å². The van der Waals surface area contributed by atoms with Crippen LogP contribution in [0.5, 0.6) is 0 Å². The molecule has 0 saturated heterocycles. The molecule has 3 heterocycles. The summed E-state index contributed by atoms with van der Waals surface area (Å²) in [5.41, 5.74) is 2.01. The number of aryl methyl sites for hydroxylation is 1. The Labute approximate surface area is 129 Å². The Bertz CT molecular complexity index is 711. The number of nitrogens with zero attached hydrogens (tertiary/aromatic N) is 2. The van der Waals surface area contributed by atoms with Crippen molar-refractivity contribution in [3.8, 4) is 0 Å². The van der Waals surface area contributed by atoms with Crippen molar-refractivity contribution in [2.24, 2.45) is 0 Å². The lowest BCUT2D eigenvalue weighted by Crippen LogP contribution is -2.24. The number of carbonyl (C=O) groups is 2. The molecule has 1 atom stereocenters. The monoisotopic (exact) mass is 300 g/mol. The Hall–Kier alpha value is -2.30. The fourth-order valence-electron chi connectivity index (χ4n) is 3.27. The van der Waals surface area contributed by atoms with Crippen LogP contribution in [-0.2, 0) is 17.9 Å². The van der Waals surface area contributed by atoms with Gasteiger partial charge in [-0.3, -0.25) is 9.59 Å². The summed E-state index contributed by atoms with van der Waals surface area (Å²) >= 11 is 0. The predicted molar refractivity (Wildman–Crippen MR) is 82.2 cm³/mol. The molecule has 3 rings (SSSR count). The van der Waals surface area contributed by atoms with Crippen LogP contribution in [-0.4, -0.2) is 26.0 Å². The van der Waals surface area contributed by atoms with Crippen molar-refractivity contribution < 1.29 is 14.7 Å². The highest BCUT2D eigenvalue weighted by atomic mass is 16.4. The quantitative estimate of drug-likeness (QED) is 0.864. The maximum absolute atomic E-state index is 12.8. The van der Waals surface area contributed by atoms with E-state index in [9.17, 15) is 14.7 Å². The fourth-order valence-corrected chi connectivity index (χ4v) is 3.27. The highest BCUT2D eigenvalue weighted by molar-refractivity contribution is 6.07. The first-order chi connectivity index (χ1) is 10.6. The van der Waals surface area contributed by atoms with Crippen LogP contribution in [0.1, 0.15) is 54.0 Å². The predicted octanol–water partition coefficient (Wildman–Crippen LogP) is 2.89. The van der Waals surface area contributed by atoms with Crippen LogP contribution in [0.25, 0.3) is 0 Å². The molecule has 0 aliphatic carbocycles. The van der Waals surface area contributed by atoms with Crippen molar-refractivity contribution in [3.05, 3.63) is 47.5 Å². The summed E-state index contributed by atoms with van der Waals surface area (Å²) in [4.78, 5) is 24.2. The van der Waals surface area contributed by atoms with Gasteiger partial charge in [-0.2, -0.15) is 0 Å². The van der Waals surface area contributed by atoms with E-state index < -0.39 is 11.9 Å². The summed E-state index contributed by atoms with van der Waals surface area (Å²) in [6.07, 6.45) is 4.30. The molecule has 1 N–H and O–H groups in total. The first-order valence-corrected chi connectivity index (χ1v) is 7.75. The van der Waals surface area contributed by atoms with E-state index in [1.165, 1.54) is 0 Å². The van der Waals surface area contributed by atoms with Gasteiger partial charge in [-0.05, 0) is 43.5 Å². The zero-order valence-electron chi connectivity index (χ0n) is 12.7. The standard InChI is InChI=1S/C17H20N2O3/c1-2-9-18-10-4-6-14(18)16(20)15-8-7-13-12(17(21)22)5-3-11-19(13)15/h4,6-8,10,12H,2-3,5,9,11H2,1H3,(H,21,22). The molecule has 22 heavy (non-hydrogen) atoms. The lowest BCUT2D eigenvalue weighted by Gasteiger charge is -2.23. The first-order valence-electron chi connectivity index (χ1n) is 7.75. The number of fused-ring (bicyclic) bond motifs is 1. The molecule has 1 aliphatic rings. The summed E-state index contributed by atoms with van der Waals surface area (Å²) in [5, 5.41) is 9.33. The van der Waals surface area contributed by atoms with Gasteiger partial charge in [-0.15, -0.1) is 0 Å². The lowest BCUT2D eigenvalue weighted by atomic mass is 9.96. The smallest absolute Gasteiger partial charge is 0.312 e. The molecule has 0 spiro atoms. The second kappa shape index (κ2) is 5.83. The molecule has 116 valence electrons. The number of hydrogen-bond acceptors (Lipinski definition) is 2. The molecule has 0 radical (unpaired) electrons. The number of carboxylic acids is 1. The maximum atomic E-state index is 12.8. The molecule has 2 aromatic heterocycles. The fraction of sp³-hybridized carbons (Fsp3) is 0.412. The first kappa shape index (κ1) is 14.6. The second-order valence-electron chi connectivity index (χ2n) is 5.74. The Morgan fingerprint density at radius 1 is 1.27 bits per heavy atom. The molecule has 0 aromatic carbocycles. The summed E-state index contributed by atoms with van der Waals surface area (Å²) in [7, 11) is 0. The zero-order chi connectivity index (χ0) is 15.7. The average molecular weight is 300 g/mol. The van der Waals surface area contributed by atoms with Crippen molar-refractivity contribution in [2.45, 2.75) is 45.2 Å². The number of carbonyl (C=O) groups excluding carboxylic acids is 1. The third-order valence-electron chi connectivity index (χ3n) is 4.30. The van der Waals surface area contributed by atoms with E-state index in [-0.39, 0.29) is 5.78 Å². The van der Waals surface area contributed by atoms with E-state index in [1.54, 1.807) is 12.1 Å². The Balaban J connectivity index is 1.98. The van der Waals surface area contributed by atoms with E-state index >= 15 is 0 Å². The molecule has 1 aliphatic heterocycles. The Kier molecular flexibility index (Phi) is 3.88. The molecular formula is C17H20N2O3. The number of hydrogen-bond donors (Lipinski definition) is 1. The van der Waals surface area contributed by atoms with Gasteiger partial charge in [0.1, 0.15) is 0 Å². The van der Waals surface area contributed by atoms with Gasteiger partial charge in [0.05, 0.1) is 17.3 Å². The molecule has 1 unspecified atom stereocenters. The van der Waals surface area contributed by atoms with E-state index in [2.05, 4.69) is 6.92 Å². The van der Waals surface area contributed by atoms with Crippen LogP contribution in [0.4, 0.5) is 0 Å². The Morgan fingerprint density at radius 3 is 2.82 bits per heavy atom. The maximum Gasteiger partial charge on any atom is 0.312 e. The molecule has 0 fully saturated rings. The highest BCUT2D eigenvalue weighted by Crippen LogP contribution is 2.30. The van der Waals surface area contributed by atoms with Crippen molar-refractivity contribution in [1.29, 1.82) is 0 Å². The van der Waals surface area contributed by atoms with Crippen molar-refractivity contribution >= 4 is 11.8 Å². The van der Waals surface area contributed by atoms with Gasteiger partial charge in [0.25, 0.3) is 0 Å². The number of aromatic nitrogens is 2. The lowest BCUT2D eigenvalue weighted by molar-refractivity contribution is -0.139. The number of aliphatic carboxylic acids is 1. The topological polar surface area (TPSA) is 64.2 Å². The van der Waals surface area contributed by atoms with Gasteiger partial charge in [0.2, 0.25) is 5.78 Å². The number of ketones is 1. The average Bonchev–Trinajstić information content (AvgIpc) is 3.12. The highest BCUT2D eigenvalue weighted by Gasteiger charge is 2.29. The van der Waals surface area contributed by atoms with Crippen molar-refractivity contribution in [3.63, 3.8) is 0 Å². The van der Waals surface area contributed by atoms with Gasteiger partial charge in [-0.25, -0.2) is 0 Å². The van der Waals surface area contributed by atoms with Gasteiger partial charge >= 0.3 is 5.97 Å². The minimum atomic E-state index is -0.813. The van der Waals surface area contributed by atoms with Gasteiger partial charge < -0.3 is 14.2 Å². The van der Waals surface area contributed by atoms with E-state index in [0.717, 1.165) is 25.1 Å². The number of carboxylic acid groups (broad SMARTS) is 1. The van der Waals surface area contributed by atoms with Gasteiger partial charge in [0.15, 0.2) is 0 Å². The van der Waals surface area contributed by atoms with E-state index in [0.29, 0.717) is 24.4 Å². The molecule has 0 amide bonds. The van der Waals surface area contributed by atoms with Crippen molar-refractivity contribution in [2.75, 3.05) is 0 Å². The SMILES string of the molecule is CCCn1cccc1C(=O)c1ccc2n1CCCC2C(=O)O. The van der Waals surface area contributed by atoms with Crippen LogP contribution < -0.4 is 0 Å². The largest absolute Gasteiger partial charge is 0.481 e. The molecular weight excluding hydrogens is 280 g/mol. The zero-order valence-corrected chi connectivity index (χ0v) is 12.7. The minimum Gasteiger partial charge on any atom is -0.481 e. The van der Waals surface area contributed by atoms with E-state index in [4.69, 9.17) is 0 Å². The van der Waals surface area contributed by atoms with Crippen LogP contribution >= 0.6 is 0 Å². The van der Waals surface area contributed by atoms with Crippen LogP contribution in [0, 0.1) is 0 Å². The number of rotatable bonds is 5. The van der Waals surface area contributed by atoms with E-state index in [1.807, 2.05) is 27.5 Å². The normalized spacial score (nSPS) is 17.2. The summed E-state index contributed by atoms with van der Waals surface area (Å²) < 4.78 is 3.84.